The summed E-state index contributed by atoms with van der Waals surface area (Å²) in [6, 6.07) is 5.11. The SMILES string of the molecule is Cc1cc(OC[C@@H](O)C[NH+]2[C@@H](C)CCC[C@@H]2C)cc(C)c1Cl. The van der Waals surface area contributed by atoms with Crippen LogP contribution in [0.4, 0.5) is 0 Å². The first-order valence-electron chi connectivity index (χ1n) is 8.31. The van der Waals surface area contributed by atoms with Gasteiger partial charge in [-0.2, -0.15) is 0 Å². The Morgan fingerprint density at radius 1 is 1.23 bits per heavy atom. The van der Waals surface area contributed by atoms with Gasteiger partial charge in [-0.15, -0.1) is 0 Å². The van der Waals surface area contributed by atoms with E-state index >= 15 is 0 Å². The van der Waals surface area contributed by atoms with Crippen molar-refractivity contribution in [1.82, 2.24) is 0 Å². The van der Waals surface area contributed by atoms with E-state index in [1.165, 1.54) is 24.2 Å². The molecule has 2 rings (SSSR count). The minimum absolute atomic E-state index is 0.337. The molecule has 0 aliphatic carbocycles. The van der Waals surface area contributed by atoms with Crippen LogP contribution in [0, 0.1) is 13.8 Å². The minimum atomic E-state index is -0.436. The van der Waals surface area contributed by atoms with Crippen molar-refractivity contribution in [3.8, 4) is 5.75 Å². The fourth-order valence-electron chi connectivity index (χ4n) is 3.50. The number of quaternary nitrogens is 1. The van der Waals surface area contributed by atoms with Gasteiger partial charge in [0, 0.05) is 5.02 Å². The summed E-state index contributed by atoms with van der Waals surface area (Å²) in [7, 11) is 0. The minimum Gasteiger partial charge on any atom is -0.491 e. The third-order valence-corrected chi connectivity index (χ3v) is 5.46. The van der Waals surface area contributed by atoms with Crippen LogP contribution in [-0.2, 0) is 0 Å². The predicted molar refractivity (Wildman–Crippen MR) is 91.0 cm³/mol. The van der Waals surface area contributed by atoms with Crippen LogP contribution in [-0.4, -0.2) is 36.4 Å². The van der Waals surface area contributed by atoms with E-state index < -0.39 is 6.10 Å². The summed E-state index contributed by atoms with van der Waals surface area (Å²) < 4.78 is 5.77. The van der Waals surface area contributed by atoms with E-state index in [2.05, 4.69) is 13.8 Å². The van der Waals surface area contributed by atoms with Gasteiger partial charge in [0.25, 0.3) is 0 Å². The van der Waals surface area contributed by atoms with Crippen LogP contribution in [0.1, 0.15) is 44.2 Å². The van der Waals surface area contributed by atoms with Gasteiger partial charge < -0.3 is 14.7 Å². The van der Waals surface area contributed by atoms with Crippen LogP contribution >= 0.6 is 11.6 Å². The molecule has 0 saturated carbocycles. The molecular weight excluding hydrogens is 298 g/mol. The molecule has 0 bridgehead atoms. The molecule has 3 nitrogen and oxygen atoms in total. The number of aliphatic hydroxyl groups is 1. The second kappa shape index (κ2) is 7.67. The first-order chi connectivity index (χ1) is 10.4. The van der Waals surface area contributed by atoms with Gasteiger partial charge in [0.1, 0.15) is 25.0 Å². The number of rotatable bonds is 5. The first-order valence-corrected chi connectivity index (χ1v) is 8.69. The quantitative estimate of drug-likeness (QED) is 0.872. The summed E-state index contributed by atoms with van der Waals surface area (Å²) in [6.07, 6.45) is 3.38. The number of likely N-dealkylation sites (tertiary alicyclic amines) is 1. The monoisotopic (exact) mass is 326 g/mol. The molecule has 0 radical (unpaired) electrons. The molecule has 1 aromatic carbocycles. The summed E-state index contributed by atoms with van der Waals surface area (Å²) in [6.45, 7) is 9.60. The molecule has 1 saturated heterocycles. The number of benzene rings is 1. The lowest BCUT2D eigenvalue weighted by atomic mass is 9.97. The summed E-state index contributed by atoms with van der Waals surface area (Å²) in [5.41, 5.74) is 2.02. The molecule has 1 heterocycles. The van der Waals surface area contributed by atoms with Crippen LogP contribution in [0.5, 0.6) is 5.75 Å². The van der Waals surface area contributed by atoms with Crippen LogP contribution in [0.15, 0.2) is 12.1 Å². The standard InChI is InChI=1S/C18H28ClNO2/c1-12-8-17(9-13(2)18(12)19)22-11-16(21)10-20-14(3)6-5-7-15(20)4/h8-9,14-16,21H,5-7,10-11H2,1-4H3/p+1/t14-,15-,16-/m0/s1. The molecule has 3 atom stereocenters. The lowest BCUT2D eigenvalue weighted by molar-refractivity contribution is -0.954. The van der Waals surface area contributed by atoms with Crippen molar-refractivity contribution in [2.75, 3.05) is 13.2 Å². The molecule has 0 amide bonds. The number of nitrogens with one attached hydrogen (secondary N) is 1. The average Bonchev–Trinajstić information content (AvgIpc) is 2.46. The molecule has 1 aliphatic heterocycles. The highest BCUT2D eigenvalue weighted by atomic mass is 35.5. The Bertz CT molecular complexity index is 473. The summed E-state index contributed by atoms with van der Waals surface area (Å²) in [5.74, 6) is 0.785. The van der Waals surface area contributed by atoms with E-state index in [9.17, 15) is 5.11 Å². The molecular formula is C18H29ClNO2+. The Kier molecular flexibility index (Phi) is 6.13. The second-order valence-electron chi connectivity index (χ2n) is 6.85. The van der Waals surface area contributed by atoms with Gasteiger partial charge >= 0.3 is 0 Å². The van der Waals surface area contributed by atoms with Gasteiger partial charge in [0.05, 0.1) is 12.1 Å². The maximum atomic E-state index is 10.3. The van der Waals surface area contributed by atoms with Gasteiger partial charge in [-0.1, -0.05) is 11.6 Å². The molecule has 0 spiro atoms. The lowest BCUT2D eigenvalue weighted by Crippen LogP contribution is -3.20. The molecule has 1 aromatic rings. The summed E-state index contributed by atoms with van der Waals surface area (Å²) >= 11 is 6.16. The Hall–Kier alpha value is -0.770. The highest BCUT2D eigenvalue weighted by molar-refractivity contribution is 6.32. The molecule has 2 N–H and O–H groups in total. The Morgan fingerprint density at radius 2 is 1.77 bits per heavy atom. The molecule has 1 aliphatic rings. The highest BCUT2D eigenvalue weighted by Crippen LogP contribution is 2.25. The lowest BCUT2D eigenvalue weighted by Gasteiger charge is -2.36. The zero-order valence-corrected chi connectivity index (χ0v) is 14.9. The van der Waals surface area contributed by atoms with E-state index in [1.807, 2.05) is 26.0 Å². The largest absolute Gasteiger partial charge is 0.491 e. The second-order valence-corrected chi connectivity index (χ2v) is 7.23. The van der Waals surface area contributed by atoms with E-state index in [0.29, 0.717) is 18.7 Å². The number of hydrogen-bond acceptors (Lipinski definition) is 2. The van der Waals surface area contributed by atoms with Gasteiger partial charge in [-0.05, 0) is 70.2 Å². The van der Waals surface area contributed by atoms with Gasteiger partial charge in [-0.3, -0.25) is 0 Å². The Labute approximate surface area is 139 Å². The van der Waals surface area contributed by atoms with Gasteiger partial charge in [0.2, 0.25) is 0 Å². The van der Waals surface area contributed by atoms with Crippen molar-refractivity contribution in [3.63, 3.8) is 0 Å². The number of hydrogen-bond donors (Lipinski definition) is 2. The van der Waals surface area contributed by atoms with Crippen molar-refractivity contribution < 1.29 is 14.7 Å². The fourth-order valence-corrected chi connectivity index (χ4v) is 3.61. The normalized spacial score (nSPS) is 24.3. The smallest absolute Gasteiger partial charge is 0.137 e. The Balaban J connectivity index is 1.88. The van der Waals surface area contributed by atoms with Crippen molar-refractivity contribution >= 4 is 11.6 Å². The average molecular weight is 327 g/mol. The maximum Gasteiger partial charge on any atom is 0.137 e. The van der Waals surface area contributed by atoms with E-state index in [1.54, 1.807) is 0 Å². The molecule has 22 heavy (non-hydrogen) atoms. The molecule has 1 fully saturated rings. The third kappa shape index (κ3) is 4.37. The number of ether oxygens (including phenoxy) is 1. The van der Waals surface area contributed by atoms with Gasteiger partial charge in [-0.25, -0.2) is 0 Å². The topological polar surface area (TPSA) is 33.9 Å². The van der Waals surface area contributed by atoms with Crippen LogP contribution in [0.3, 0.4) is 0 Å². The Morgan fingerprint density at radius 3 is 2.32 bits per heavy atom. The van der Waals surface area contributed by atoms with Crippen molar-refractivity contribution in [2.45, 2.75) is 65.1 Å². The number of piperidine rings is 1. The molecule has 0 unspecified atom stereocenters. The van der Waals surface area contributed by atoms with Crippen LogP contribution < -0.4 is 9.64 Å². The van der Waals surface area contributed by atoms with Crippen molar-refractivity contribution in [2.24, 2.45) is 0 Å². The summed E-state index contributed by atoms with van der Waals surface area (Å²) in [5, 5.41) is 11.1. The van der Waals surface area contributed by atoms with Crippen molar-refractivity contribution in [3.05, 3.63) is 28.3 Å². The maximum absolute atomic E-state index is 10.3. The number of aryl methyl sites for hydroxylation is 2. The number of halogens is 1. The molecule has 124 valence electrons. The fraction of sp³-hybridized carbons (Fsp3) is 0.667. The highest BCUT2D eigenvalue weighted by Gasteiger charge is 2.30. The predicted octanol–water partition coefficient (Wildman–Crippen LogP) is 2.54. The van der Waals surface area contributed by atoms with Crippen LogP contribution in [0.25, 0.3) is 0 Å². The van der Waals surface area contributed by atoms with E-state index in [4.69, 9.17) is 16.3 Å². The van der Waals surface area contributed by atoms with Crippen LogP contribution in [0.2, 0.25) is 5.02 Å². The molecule has 0 aromatic heterocycles. The molecule has 4 heteroatoms. The first kappa shape index (κ1) is 17.6. The van der Waals surface area contributed by atoms with Crippen molar-refractivity contribution in [1.29, 1.82) is 0 Å². The third-order valence-electron chi connectivity index (χ3n) is 4.86. The van der Waals surface area contributed by atoms with E-state index in [-0.39, 0.29) is 0 Å². The van der Waals surface area contributed by atoms with Gasteiger partial charge in [0.15, 0.2) is 0 Å². The van der Waals surface area contributed by atoms with E-state index in [0.717, 1.165) is 28.4 Å². The summed E-state index contributed by atoms with van der Waals surface area (Å²) in [4.78, 5) is 1.51. The zero-order valence-electron chi connectivity index (χ0n) is 14.2. The zero-order chi connectivity index (χ0) is 16.3. The number of aliphatic hydroxyl groups excluding tert-OH is 1.